The van der Waals surface area contributed by atoms with Gasteiger partial charge in [-0.25, -0.2) is 27.3 Å². The maximum atomic E-state index is 12.7. The highest BCUT2D eigenvalue weighted by Crippen LogP contribution is 2.27. The number of H-pyrrole nitrogens is 1. The first kappa shape index (κ1) is 21.3. The van der Waals surface area contributed by atoms with Crippen LogP contribution < -0.4 is 26.0 Å². The molecule has 10 nitrogen and oxygen atoms in total. The molecule has 2 aromatic carbocycles. The summed E-state index contributed by atoms with van der Waals surface area (Å²) in [6, 6.07) is 14.3. The summed E-state index contributed by atoms with van der Waals surface area (Å²) >= 11 is 0.873. The molecule has 0 unspecified atom stereocenters. The van der Waals surface area contributed by atoms with Gasteiger partial charge in [0.05, 0.1) is 23.7 Å². The lowest BCUT2D eigenvalue weighted by molar-refractivity contribution is 0.256. The van der Waals surface area contributed by atoms with E-state index in [9.17, 15) is 22.8 Å². The SMILES string of the molecule is COc1ccc(S(=O)(=O)NC(=O)Nc2ccc(-n3c(=O)[nH]c4ccccc4c3=O)cc2)s1. The number of thiophene rings is 1. The van der Waals surface area contributed by atoms with Gasteiger partial charge in [0.15, 0.2) is 5.06 Å². The number of methoxy groups -OCH3 is 1. The van der Waals surface area contributed by atoms with Crippen LogP contribution in [0.3, 0.4) is 0 Å². The largest absolute Gasteiger partial charge is 0.487 e. The molecule has 164 valence electrons. The second-order valence-electron chi connectivity index (χ2n) is 6.50. The molecular weight excluding hydrogens is 456 g/mol. The Morgan fingerprint density at radius 1 is 1.03 bits per heavy atom. The number of anilines is 1. The van der Waals surface area contributed by atoms with Gasteiger partial charge in [0.1, 0.15) is 4.21 Å². The van der Waals surface area contributed by atoms with Gasteiger partial charge in [0.25, 0.3) is 15.6 Å². The van der Waals surface area contributed by atoms with E-state index in [1.54, 1.807) is 24.3 Å². The minimum absolute atomic E-state index is 0.0743. The number of rotatable bonds is 5. The van der Waals surface area contributed by atoms with Crippen LogP contribution in [0.1, 0.15) is 0 Å². The Balaban J connectivity index is 1.53. The molecule has 4 rings (SSSR count). The summed E-state index contributed by atoms with van der Waals surface area (Å²) in [5.74, 6) is 0. The third-order valence-corrected chi connectivity index (χ3v) is 7.31. The normalized spacial score (nSPS) is 11.3. The van der Waals surface area contributed by atoms with E-state index >= 15 is 0 Å². The Bertz CT molecular complexity index is 1530. The average molecular weight is 473 g/mol. The molecule has 32 heavy (non-hydrogen) atoms. The molecule has 0 atom stereocenters. The zero-order valence-corrected chi connectivity index (χ0v) is 18.1. The third-order valence-electron chi connectivity index (χ3n) is 4.44. The smallest absolute Gasteiger partial charge is 0.333 e. The second-order valence-corrected chi connectivity index (χ2v) is 9.46. The van der Waals surface area contributed by atoms with Gasteiger partial charge in [-0.15, -0.1) is 0 Å². The van der Waals surface area contributed by atoms with Crippen LogP contribution in [0, 0.1) is 0 Å². The van der Waals surface area contributed by atoms with Crippen molar-refractivity contribution in [1.82, 2.24) is 14.3 Å². The minimum Gasteiger partial charge on any atom is -0.487 e. The lowest BCUT2D eigenvalue weighted by Crippen LogP contribution is -2.34. The zero-order valence-electron chi connectivity index (χ0n) is 16.5. The molecule has 0 aliphatic carbocycles. The van der Waals surface area contributed by atoms with Crippen LogP contribution in [0.2, 0.25) is 0 Å². The molecule has 12 heteroatoms. The van der Waals surface area contributed by atoms with Crippen molar-refractivity contribution >= 4 is 44.0 Å². The number of carbonyl (C=O) groups is 1. The Morgan fingerprint density at radius 2 is 1.75 bits per heavy atom. The number of aromatic amines is 1. The van der Waals surface area contributed by atoms with Gasteiger partial charge in [0, 0.05) is 5.69 Å². The molecule has 0 fully saturated rings. The van der Waals surface area contributed by atoms with Crippen molar-refractivity contribution < 1.29 is 17.9 Å². The summed E-state index contributed by atoms with van der Waals surface area (Å²) in [5.41, 5.74) is -0.120. The highest BCUT2D eigenvalue weighted by Gasteiger charge is 2.20. The van der Waals surface area contributed by atoms with Crippen molar-refractivity contribution in [1.29, 1.82) is 0 Å². The van der Waals surface area contributed by atoms with Gasteiger partial charge >= 0.3 is 11.7 Å². The summed E-state index contributed by atoms with van der Waals surface area (Å²) < 4.78 is 32.3. The maximum Gasteiger partial charge on any atom is 0.333 e. The number of amides is 2. The van der Waals surface area contributed by atoms with Crippen LogP contribution in [0.5, 0.6) is 5.06 Å². The number of ether oxygens (including phenoxy) is 1. The molecule has 2 aromatic heterocycles. The van der Waals surface area contributed by atoms with Crippen molar-refractivity contribution in [3.63, 3.8) is 0 Å². The average Bonchev–Trinajstić information content (AvgIpc) is 3.25. The van der Waals surface area contributed by atoms with E-state index in [1.807, 2.05) is 4.72 Å². The monoisotopic (exact) mass is 472 g/mol. The van der Waals surface area contributed by atoms with Crippen LogP contribution in [0.15, 0.2) is 74.5 Å². The highest BCUT2D eigenvalue weighted by molar-refractivity contribution is 7.92. The maximum absolute atomic E-state index is 12.7. The van der Waals surface area contributed by atoms with Gasteiger partial charge in [-0.3, -0.25) is 4.79 Å². The standard InChI is InChI=1S/C20H16N4O6S2/c1-30-16-10-11-17(31-16)32(28,29)23-19(26)21-12-6-8-13(9-7-12)24-18(25)14-4-2-3-5-15(14)22-20(24)27/h2-11H,1H3,(H,22,27)(H2,21,23,26). The molecule has 2 amide bonds. The summed E-state index contributed by atoms with van der Waals surface area (Å²) in [5, 5.41) is 3.14. The molecular formula is C20H16N4O6S2. The third kappa shape index (κ3) is 4.13. The second kappa shape index (κ2) is 8.32. The molecule has 0 aliphatic heterocycles. The topological polar surface area (TPSA) is 139 Å². The number of sulfonamides is 1. The number of carbonyl (C=O) groups excluding carboxylic acids is 1. The number of benzene rings is 2. The summed E-state index contributed by atoms with van der Waals surface area (Å²) in [4.78, 5) is 39.9. The fraction of sp³-hybridized carbons (Fsp3) is 0.0500. The van der Waals surface area contributed by atoms with Gasteiger partial charge in [0.2, 0.25) is 0 Å². The number of nitrogens with one attached hydrogen (secondary N) is 3. The number of urea groups is 1. The number of nitrogens with zero attached hydrogens (tertiary/aromatic N) is 1. The molecule has 4 aromatic rings. The van der Waals surface area contributed by atoms with E-state index in [0.717, 1.165) is 15.9 Å². The van der Waals surface area contributed by atoms with E-state index < -0.39 is 27.3 Å². The number of para-hydroxylation sites is 1. The quantitative estimate of drug-likeness (QED) is 0.407. The van der Waals surface area contributed by atoms with Crippen molar-refractivity contribution in [3.05, 3.63) is 81.5 Å². The van der Waals surface area contributed by atoms with Crippen molar-refractivity contribution in [2.24, 2.45) is 0 Å². The van der Waals surface area contributed by atoms with Gasteiger partial charge in [-0.2, -0.15) is 0 Å². The van der Waals surface area contributed by atoms with Crippen LogP contribution in [-0.2, 0) is 10.0 Å². The Labute approximate surface area is 185 Å². The van der Waals surface area contributed by atoms with E-state index in [4.69, 9.17) is 4.74 Å². The fourth-order valence-electron chi connectivity index (χ4n) is 2.98. The molecule has 0 spiro atoms. The predicted molar refractivity (Wildman–Crippen MR) is 120 cm³/mol. The zero-order chi connectivity index (χ0) is 22.9. The predicted octanol–water partition coefficient (Wildman–Crippen LogP) is 2.26. The first-order valence-electron chi connectivity index (χ1n) is 9.10. The van der Waals surface area contributed by atoms with E-state index in [0.29, 0.717) is 16.0 Å². The molecule has 2 heterocycles. The Morgan fingerprint density at radius 3 is 2.44 bits per heavy atom. The first-order valence-corrected chi connectivity index (χ1v) is 11.4. The summed E-state index contributed by atoms with van der Waals surface area (Å²) in [6.45, 7) is 0. The molecule has 0 radical (unpaired) electrons. The number of aromatic nitrogens is 2. The van der Waals surface area contributed by atoms with E-state index in [2.05, 4.69) is 10.3 Å². The van der Waals surface area contributed by atoms with Crippen LogP contribution in [-0.4, -0.2) is 31.1 Å². The lowest BCUT2D eigenvalue weighted by atomic mass is 10.2. The Kier molecular flexibility index (Phi) is 5.55. The lowest BCUT2D eigenvalue weighted by Gasteiger charge is -2.09. The van der Waals surface area contributed by atoms with Crippen molar-refractivity contribution in [3.8, 4) is 10.8 Å². The number of fused-ring (bicyclic) bond motifs is 1. The van der Waals surface area contributed by atoms with E-state index in [-0.39, 0.29) is 15.6 Å². The molecule has 0 saturated carbocycles. The van der Waals surface area contributed by atoms with Crippen molar-refractivity contribution in [2.45, 2.75) is 4.21 Å². The van der Waals surface area contributed by atoms with Crippen LogP contribution >= 0.6 is 11.3 Å². The number of hydrogen-bond acceptors (Lipinski definition) is 7. The van der Waals surface area contributed by atoms with E-state index in [1.165, 1.54) is 43.5 Å². The van der Waals surface area contributed by atoms with Crippen LogP contribution in [0.25, 0.3) is 16.6 Å². The van der Waals surface area contributed by atoms with Gasteiger partial charge < -0.3 is 15.0 Å². The molecule has 0 bridgehead atoms. The molecule has 0 aliphatic rings. The molecule has 3 N–H and O–H groups in total. The number of hydrogen-bond donors (Lipinski definition) is 3. The highest BCUT2D eigenvalue weighted by atomic mass is 32.2. The fourth-order valence-corrected chi connectivity index (χ4v) is 4.98. The first-order chi connectivity index (χ1) is 15.3. The minimum atomic E-state index is -4.07. The summed E-state index contributed by atoms with van der Waals surface area (Å²) in [6.07, 6.45) is 0. The molecule has 0 saturated heterocycles. The van der Waals surface area contributed by atoms with Crippen LogP contribution in [0.4, 0.5) is 10.5 Å². The van der Waals surface area contributed by atoms with Crippen molar-refractivity contribution in [2.75, 3.05) is 12.4 Å². The summed E-state index contributed by atoms with van der Waals surface area (Å²) in [7, 11) is -2.66. The Hall–Kier alpha value is -3.90. The van der Waals surface area contributed by atoms with Gasteiger partial charge in [-0.1, -0.05) is 23.5 Å². The van der Waals surface area contributed by atoms with Gasteiger partial charge in [-0.05, 0) is 48.5 Å².